The van der Waals surface area contributed by atoms with Crippen molar-refractivity contribution in [2.24, 2.45) is 5.73 Å². The molecule has 4 aromatic carbocycles. The number of carbonyl (C=O) groups is 3. The van der Waals surface area contributed by atoms with Gasteiger partial charge in [0.25, 0.3) is 5.91 Å². The smallest absolute Gasteiger partial charge is 0.306 e. The van der Waals surface area contributed by atoms with Crippen molar-refractivity contribution in [3.8, 4) is 39.5 Å². The molecule has 0 bridgehead atoms. The fraction of sp³-hybridized carbons (Fsp3) is 0.304. The van der Waals surface area contributed by atoms with Crippen LogP contribution in [0.4, 0.5) is 5.69 Å². The van der Waals surface area contributed by atoms with E-state index in [2.05, 4.69) is 20.9 Å². The van der Waals surface area contributed by atoms with E-state index >= 15 is 0 Å². The quantitative estimate of drug-likeness (QED) is 0.0347. The fourth-order valence-electron chi connectivity index (χ4n) is 6.79. The third kappa shape index (κ3) is 13.1. The number of primary amides is 1. The minimum Gasteiger partial charge on any atom is -0.491 e. The molecule has 0 aliphatic carbocycles. The predicted molar refractivity (Wildman–Crippen MR) is 236 cm³/mol. The zero-order chi connectivity index (χ0) is 44.8. The maximum Gasteiger partial charge on any atom is 0.306 e. The number of amides is 1. The van der Waals surface area contributed by atoms with Crippen LogP contribution >= 0.6 is 11.6 Å². The maximum atomic E-state index is 12.5. The Balaban J connectivity index is 1.33. The molecular weight excluding hydrogens is 818 g/mol. The summed E-state index contributed by atoms with van der Waals surface area (Å²) < 4.78 is 18.4. The number of pyridine rings is 1. The van der Waals surface area contributed by atoms with Crippen molar-refractivity contribution in [3.63, 3.8) is 0 Å². The van der Waals surface area contributed by atoms with Crippen molar-refractivity contribution in [3.05, 3.63) is 124 Å². The number of nitrogens with two attached hydrogens (primary N) is 1. The van der Waals surface area contributed by atoms with Crippen LogP contribution in [0.3, 0.4) is 0 Å². The first-order valence-corrected chi connectivity index (χ1v) is 20.3. The molecule has 1 amide bonds. The molecule has 5 aromatic rings. The number of anilines is 1. The van der Waals surface area contributed by atoms with Crippen LogP contribution in [0.15, 0.2) is 85.2 Å². The number of halogens is 1. The Morgan fingerprint density at radius 3 is 2.10 bits per heavy atom. The molecule has 0 saturated carbocycles. The van der Waals surface area contributed by atoms with Gasteiger partial charge in [-0.15, -0.1) is 0 Å². The van der Waals surface area contributed by atoms with Crippen LogP contribution in [0, 0.1) is 13.8 Å². The summed E-state index contributed by atoms with van der Waals surface area (Å²) in [6, 6.07) is 22.6. The molecule has 0 aliphatic heterocycles. The summed E-state index contributed by atoms with van der Waals surface area (Å²) >= 11 is 6.78. The molecule has 1 heterocycles. The molecule has 1 aromatic heterocycles. The van der Waals surface area contributed by atoms with Gasteiger partial charge in [0.05, 0.1) is 41.3 Å². The highest BCUT2D eigenvalue weighted by atomic mass is 35.5. The minimum atomic E-state index is -1.09. The van der Waals surface area contributed by atoms with Crippen LogP contribution in [0.1, 0.15) is 51.0 Å². The summed E-state index contributed by atoms with van der Waals surface area (Å²) in [4.78, 5) is 38.6. The lowest BCUT2D eigenvalue weighted by molar-refractivity contribution is -0.140. The van der Waals surface area contributed by atoms with Crippen LogP contribution in [-0.4, -0.2) is 88.8 Å². The summed E-state index contributed by atoms with van der Waals surface area (Å²) in [5.74, 6) is -1.65. The van der Waals surface area contributed by atoms with Crippen molar-refractivity contribution in [1.82, 2.24) is 15.6 Å². The molecule has 0 unspecified atom stereocenters. The number of carboxylic acid groups (broad SMARTS) is 2. The molecule has 0 saturated heterocycles. The zero-order valence-electron chi connectivity index (χ0n) is 34.7. The van der Waals surface area contributed by atoms with Crippen molar-refractivity contribution in [2.75, 3.05) is 38.6 Å². The first-order chi connectivity index (χ1) is 29.7. The van der Waals surface area contributed by atoms with Gasteiger partial charge in [0.15, 0.2) is 0 Å². The third-order valence-electron chi connectivity index (χ3n) is 10.0. The second-order valence-corrected chi connectivity index (χ2v) is 15.0. The predicted octanol–water partition coefficient (Wildman–Crippen LogP) is 5.71. The summed E-state index contributed by atoms with van der Waals surface area (Å²) in [5, 5.41) is 47.1. The van der Waals surface area contributed by atoms with E-state index < -0.39 is 30.1 Å². The van der Waals surface area contributed by atoms with Gasteiger partial charge in [-0.25, -0.2) is 0 Å². The van der Waals surface area contributed by atoms with E-state index in [0.717, 1.165) is 50.2 Å². The molecule has 0 aliphatic rings. The lowest BCUT2D eigenvalue weighted by Crippen LogP contribution is -2.31. The molecule has 0 radical (unpaired) electrons. The van der Waals surface area contributed by atoms with Gasteiger partial charge in [-0.05, 0) is 77.1 Å². The van der Waals surface area contributed by atoms with Crippen LogP contribution in [-0.2, 0) is 29.3 Å². The number of hydrogen-bond donors (Lipinski definition) is 8. The standard InChI is InChI=1S/C46H52ClN5O10/c1-27-31(26-62-43-19-42(61-25-29-14-33(49-3)22-51-20-29)32(16-40(43)47)21-52-24-35(54)18-45(57)58)6-4-8-37(27)38-9-5-7-36(28(38)2)30-10-11-41(39(15-30)46(48)59)60-13-12-50-23-34(53)17-44(55)56/h4-11,14-16,19-20,22,34-35,49-50,52-54H,12-13,17-18,21,23-26H2,1-3H3,(H2,48,59)(H,55,56)(H,57,58)/t34-,35-/m0/s1. The molecular formula is C46H52ClN5O10. The number of nitrogens with zero attached hydrogens (tertiary/aromatic N) is 1. The van der Waals surface area contributed by atoms with Crippen LogP contribution in [0.25, 0.3) is 22.3 Å². The first-order valence-electron chi connectivity index (χ1n) is 19.9. The summed E-state index contributed by atoms with van der Waals surface area (Å²) in [6.07, 6.45) is 0.553. The van der Waals surface area contributed by atoms with E-state index in [4.69, 9.17) is 41.8 Å². The number of aliphatic carboxylic acids is 2. The Morgan fingerprint density at radius 2 is 1.40 bits per heavy atom. The van der Waals surface area contributed by atoms with Crippen LogP contribution in [0.5, 0.6) is 17.2 Å². The van der Waals surface area contributed by atoms with Gasteiger partial charge in [0.2, 0.25) is 0 Å². The van der Waals surface area contributed by atoms with Crippen LogP contribution in [0.2, 0.25) is 5.02 Å². The number of nitrogens with one attached hydrogen (secondary N) is 3. The van der Waals surface area contributed by atoms with Gasteiger partial charge >= 0.3 is 11.9 Å². The van der Waals surface area contributed by atoms with Crippen LogP contribution < -0.4 is 35.9 Å². The Labute approximate surface area is 364 Å². The van der Waals surface area contributed by atoms with Gasteiger partial charge in [-0.3, -0.25) is 19.4 Å². The molecule has 2 atom stereocenters. The van der Waals surface area contributed by atoms with Gasteiger partial charge < -0.3 is 56.3 Å². The highest BCUT2D eigenvalue weighted by Crippen LogP contribution is 2.37. The number of benzene rings is 4. The average molecular weight is 870 g/mol. The van der Waals surface area contributed by atoms with Crippen molar-refractivity contribution >= 4 is 35.1 Å². The number of aliphatic hydroxyl groups excluding tert-OH is 2. The number of rotatable bonds is 24. The Morgan fingerprint density at radius 1 is 0.742 bits per heavy atom. The van der Waals surface area contributed by atoms with E-state index in [-0.39, 0.29) is 57.9 Å². The van der Waals surface area contributed by atoms with E-state index in [9.17, 15) is 24.6 Å². The second-order valence-electron chi connectivity index (χ2n) is 14.6. The maximum absolute atomic E-state index is 12.5. The number of carboxylic acids is 2. The SMILES string of the molecule is CNc1cncc(COc2cc(OCc3cccc(-c4cccc(-c5ccc(OCCNC[C@@H](O)CC(=O)O)c(C(N)=O)c5)c4C)c3C)c(Cl)cc2CNC[C@@H](O)CC(=O)O)c1. The van der Waals surface area contributed by atoms with Crippen molar-refractivity contribution in [1.29, 1.82) is 0 Å². The molecule has 62 heavy (non-hydrogen) atoms. The molecule has 328 valence electrons. The highest BCUT2D eigenvalue weighted by molar-refractivity contribution is 6.32. The normalized spacial score (nSPS) is 12.0. The Bertz CT molecular complexity index is 2360. The highest BCUT2D eigenvalue weighted by Gasteiger charge is 2.18. The number of ether oxygens (including phenoxy) is 3. The number of aromatic nitrogens is 1. The Kier molecular flexibility index (Phi) is 17.0. The number of carbonyl (C=O) groups excluding carboxylic acids is 1. The third-order valence-corrected chi connectivity index (χ3v) is 10.3. The van der Waals surface area contributed by atoms with Gasteiger partial charge in [0, 0.05) is 62.8 Å². The lowest BCUT2D eigenvalue weighted by atomic mass is 9.89. The molecule has 0 fully saturated rings. The zero-order valence-corrected chi connectivity index (χ0v) is 35.5. The minimum absolute atomic E-state index is 0.0515. The summed E-state index contributed by atoms with van der Waals surface area (Å²) in [7, 11) is 1.80. The number of aliphatic hydroxyl groups is 2. The second kappa shape index (κ2) is 22.6. The summed E-state index contributed by atoms with van der Waals surface area (Å²) in [5.41, 5.74) is 14.8. The van der Waals surface area contributed by atoms with E-state index in [0.29, 0.717) is 34.4 Å². The van der Waals surface area contributed by atoms with E-state index in [1.165, 1.54) is 0 Å². The van der Waals surface area contributed by atoms with Crippen molar-refractivity contribution in [2.45, 2.75) is 58.7 Å². The van der Waals surface area contributed by atoms with Gasteiger partial charge in [-0.1, -0.05) is 54.1 Å². The molecule has 9 N–H and O–H groups in total. The largest absolute Gasteiger partial charge is 0.491 e. The van der Waals surface area contributed by atoms with Gasteiger partial charge in [0.1, 0.15) is 37.1 Å². The van der Waals surface area contributed by atoms with E-state index in [1.54, 1.807) is 43.7 Å². The van der Waals surface area contributed by atoms with E-state index in [1.807, 2.05) is 62.4 Å². The first kappa shape index (κ1) is 46.8. The fourth-order valence-corrected chi connectivity index (χ4v) is 7.03. The monoisotopic (exact) mass is 869 g/mol. The summed E-state index contributed by atoms with van der Waals surface area (Å²) in [6.45, 7) is 5.27. The number of hydrogen-bond acceptors (Lipinski definition) is 12. The average Bonchev–Trinajstić information content (AvgIpc) is 3.23. The Hall–Kier alpha value is -6.23. The lowest BCUT2D eigenvalue weighted by Gasteiger charge is -2.19. The topological polar surface area (TPSA) is 235 Å². The van der Waals surface area contributed by atoms with Gasteiger partial charge in [-0.2, -0.15) is 0 Å². The molecule has 16 heteroatoms. The molecule has 15 nitrogen and oxygen atoms in total. The van der Waals surface area contributed by atoms with Crippen molar-refractivity contribution < 1.29 is 49.0 Å². The molecule has 0 spiro atoms. The molecule has 5 rings (SSSR count).